The van der Waals surface area contributed by atoms with Crippen molar-refractivity contribution < 1.29 is 14.3 Å². The zero-order chi connectivity index (χ0) is 14.7. The van der Waals surface area contributed by atoms with Gasteiger partial charge in [0.15, 0.2) is 11.5 Å². The average Bonchev–Trinajstić information content (AvgIpc) is 3.01. The fourth-order valence-corrected chi connectivity index (χ4v) is 3.18. The van der Waals surface area contributed by atoms with Crippen LogP contribution in [0.3, 0.4) is 0 Å². The van der Waals surface area contributed by atoms with Gasteiger partial charge in [-0.1, -0.05) is 12.5 Å². The molecule has 2 aliphatic rings. The summed E-state index contributed by atoms with van der Waals surface area (Å²) in [6, 6.07) is 5.79. The number of nitrogens with two attached hydrogens (primary N) is 1. The Bertz CT molecular complexity index is 518. The highest BCUT2D eigenvalue weighted by Gasteiger charge is 2.31. The highest BCUT2D eigenvalue weighted by Crippen LogP contribution is 2.32. The van der Waals surface area contributed by atoms with Crippen LogP contribution < -0.4 is 20.5 Å². The normalized spacial score (nSPS) is 23.9. The van der Waals surface area contributed by atoms with Gasteiger partial charge >= 0.3 is 0 Å². The summed E-state index contributed by atoms with van der Waals surface area (Å²) in [4.78, 5) is 12.3. The highest BCUT2D eigenvalue weighted by atomic mass is 16.6. The molecule has 1 amide bonds. The SMILES string of the molecule is NCC1CCCC1C(=O)NCc1ccc2c(c1)OCCO2. The molecule has 0 aromatic heterocycles. The van der Waals surface area contributed by atoms with Crippen molar-refractivity contribution in [1.29, 1.82) is 0 Å². The van der Waals surface area contributed by atoms with Gasteiger partial charge in [0, 0.05) is 12.5 Å². The maximum atomic E-state index is 12.3. The zero-order valence-corrected chi connectivity index (χ0v) is 12.1. The Morgan fingerprint density at radius 2 is 2.05 bits per heavy atom. The largest absolute Gasteiger partial charge is 0.486 e. The summed E-state index contributed by atoms with van der Waals surface area (Å²) in [5, 5.41) is 3.02. The molecule has 1 aromatic carbocycles. The number of benzene rings is 1. The number of nitrogens with one attached hydrogen (secondary N) is 1. The van der Waals surface area contributed by atoms with E-state index in [2.05, 4.69) is 5.32 Å². The van der Waals surface area contributed by atoms with E-state index in [1.807, 2.05) is 18.2 Å². The summed E-state index contributed by atoms with van der Waals surface area (Å²) in [6.07, 6.45) is 3.12. The van der Waals surface area contributed by atoms with Crippen molar-refractivity contribution in [3.05, 3.63) is 23.8 Å². The molecule has 1 fully saturated rings. The minimum atomic E-state index is 0.0761. The molecule has 3 rings (SSSR count). The predicted molar refractivity (Wildman–Crippen MR) is 79.2 cm³/mol. The summed E-state index contributed by atoms with van der Waals surface area (Å²) >= 11 is 0. The molecule has 1 aliphatic carbocycles. The number of carbonyl (C=O) groups is 1. The van der Waals surface area contributed by atoms with Crippen LogP contribution >= 0.6 is 0 Å². The van der Waals surface area contributed by atoms with Crippen molar-refractivity contribution in [2.45, 2.75) is 25.8 Å². The second-order valence-electron chi connectivity index (χ2n) is 5.73. The highest BCUT2D eigenvalue weighted by molar-refractivity contribution is 5.79. The quantitative estimate of drug-likeness (QED) is 0.880. The Morgan fingerprint density at radius 3 is 2.86 bits per heavy atom. The number of amides is 1. The molecule has 1 aliphatic heterocycles. The van der Waals surface area contributed by atoms with Gasteiger partial charge in [0.1, 0.15) is 13.2 Å². The molecule has 0 radical (unpaired) electrons. The van der Waals surface area contributed by atoms with Crippen molar-refractivity contribution in [1.82, 2.24) is 5.32 Å². The number of fused-ring (bicyclic) bond motifs is 1. The van der Waals surface area contributed by atoms with E-state index in [1.165, 1.54) is 0 Å². The molecule has 0 saturated heterocycles. The summed E-state index contributed by atoms with van der Waals surface area (Å²) < 4.78 is 11.0. The van der Waals surface area contributed by atoms with Crippen molar-refractivity contribution in [2.24, 2.45) is 17.6 Å². The van der Waals surface area contributed by atoms with Crippen LogP contribution in [0.1, 0.15) is 24.8 Å². The van der Waals surface area contributed by atoms with Crippen LogP contribution in [0.2, 0.25) is 0 Å². The molecule has 2 unspecified atom stereocenters. The van der Waals surface area contributed by atoms with E-state index in [0.29, 0.717) is 32.2 Å². The lowest BCUT2D eigenvalue weighted by molar-refractivity contribution is -0.126. The Morgan fingerprint density at radius 1 is 1.24 bits per heavy atom. The topological polar surface area (TPSA) is 73.6 Å². The molecule has 0 spiro atoms. The van der Waals surface area contributed by atoms with Crippen LogP contribution in [-0.4, -0.2) is 25.7 Å². The van der Waals surface area contributed by atoms with E-state index in [0.717, 1.165) is 36.3 Å². The molecule has 1 saturated carbocycles. The third-order valence-electron chi connectivity index (χ3n) is 4.37. The van der Waals surface area contributed by atoms with Gasteiger partial charge < -0.3 is 20.5 Å². The minimum absolute atomic E-state index is 0.0761. The summed E-state index contributed by atoms with van der Waals surface area (Å²) in [5.41, 5.74) is 6.76. The van der Waals surface area contributed by atoms with Gasteiger partial charge in [-0.15, -0.1) is 0 Å². The molecule has 5 nitrogen and oxygen atoms in total. The maximum absolute atomic E-state index is 12.3. The van der Waals surface area contributed by atoms with Gasteiger partial charge in [-0.2, -0.15) is 0 Å². The first-order chi connectivity index (χ1) is 10.3. The van der Waals surface area contributed by atoms with Crippen molar-refractivity contribution in [3.63, 3.8) is 0 Å². The Hall–Kier alpha value is -1.75. The number of ether oxygens (including phenoxy) is 2. The van der Waals surface area contributed by atoms with Gasteiger partial charge in [0.2, 0.25) is 5.91 Å². The van der Waals surface area contributed by atoms with Crippen LogP contribution in [0.4, 0.5) is 0 Å². The monoisotopic (exact) mass is 290 g/mol. The lowest BCUT2D eigenvalue weighted by atomic mass is 9.95. The van der Waals surface area contributed by atoms with E-state index in [9.17, 15) is 4.79 Å². The summed E-state index contributed by atoms with van der Waals surface area (Å²) in [7, 11) is 0. The Kier molecular flexibility index (Phi) is 4.29. The molecule has 114 valence electrons. The molecular formula is C16H22N2O3. The number of carbonyl (C=O) groups excluding carboxylic acids is 1. The van der Waals surface area contributed by atoms with E-state index < -0.39 is 0 Å². The van der Waals surface area contributed by atoms with Gasteiger partial charge in [-0.3, -0.25) is 4.79 Å². The number of hydrogen-bond donors (Lipinski definition) is 2. The van der Waals surface area contributed by atoms with Gasteiger partial charge in [0.25, 0.3) is 0 Å². The molecule has 0 bridgehead atoms. The van der Waals surface area contributed by atoms with E-state index >= 15 is 0 Å². The third-order valence-corrected chi connectivity index (χ3v) is 4.37. The molecule has 3 N–H and O–H groups in total. The second-order valence-corrected chi connectivity index (χ2v) is 5.73. The van der Waals surface area contributed by atoms with Crippen molar-refractivity contribution >= 4 is 5.91 Å². The lowest BCUT2D eigenvalue weighted by Gasteiger charge is -2.20. The van der Waals surface area contributed by atoms with Gasteiger partial charge in [-0.05, 0) is 43.0 Å². The fraction of sp³-hybridized carbons (Fsp3) is 0.562. The number of rotatable bonds is 4. The van der Waals surface area contributed by atoms with Crippen LogP contribution in [0, 0.1) is 11.8 Å². The van der Waals surface area contributed by atoms with Crippen LogP contribution in [0.5, 0.6) is 11.5 Å². The zero-order valence-electron chi connectivity index (χ0n) is 12.1. The summed E-state index contributed by atoms with van der Waals surface area (Å²) in [5.74, 6) is 2.07. The predicted octanol–water partition coefficient (Wildman–Crippen LogP) is 1.45. The van der Waals surface area contributed by atoms with Crippen LogP contribution in [-0.2, 0) is 11.3 Å². The average molecular weight is 290 g/mol. The third kappa shape index (κ3) is 3.13. The number of hydrogen-bond acceptors (Lipinski definition) is 4. The molecular weight excluding hydrogens is 268 g/mol. The van der Waals surface area contributed by atoms with Crippen molar-refractivity contribution in [2.75, 3.05) is 19.8 Å². The Balaban J connectivity index is 1.58. The maximum Gasteiger partial charge on any atom is 0.223 e. The van der Waals surface area contributed by atoms with E-state index in [-0.39, 0.29) is 11.8 Å². The molecule has 2 atom stereocenters. The standard InChI is InChI=1S/C16H22N2O3/c17-9-12-2-1-3-13(12)16(19)18-10-11-4-5-14-15(8-11)21-7-6-20-14/h4-5,8,12-13H,1-3,6-7,9-10,17H2,(H,18,19). The first kappa shape index (κ1) is 14.2. The molecule has 1 aromatic rings. The lowest BCUT2D eigenvalue weighted by Crippen LogP contribution is -2.34. The fourth-order valence-electron chi connectivity index (χ4n) is 3.18. The minimum Gasteiger partial charge on any atom is -0.486 e. The van der Waals surface area contributed by atoms with Gasteiger partial charge in [0.05, 0.1) is 0 Å². The second kappa shape index (κ2) is 6.35. The smallest absolute Gasteiger partial charge is 0.223 e. The van der Waals surface area contributed by atoms with E-state index in [4.69, 9.17) is 15.2 Å². The van der Waals surface area contributed by atoms with Gasteiger partial charge in [-0.25, -0.2) is 0 Å². The first-order valence-electron chi connectivity index (χ1n) is 7.64. The van der Waals surface area contributed by atoms with E-state index in [1.54, 1.807) is 0 Å². The van der Waals surface area contributed by atoms with Crippen LogP contribution in [0.15, 0.2) is 18.2 Å². The summed E-state index contributed by atoms with van der Waals surface area (Å²) in [6.45, 7) is 2.28. The molecule has 5 heteroatoms. The molecule has 1 heterocycles. The molecule has 21 heavy (non-hydrogen) atoms. The van der Waals surface area contributed by atoms with Crippen LogP contribution in [0.25, 0.3) is 0 Å². The first-order valence-corrected chi connectivity index (χ1v) is 7.64. The Labute approximate surface area is 124 Å². The van der Waals surface area contributed by atoms with Crippen molar-refractivity contribution in [3.8, 4) is 11.5 Å².